The number of benzene rings is 4. The van der Waals surface area contributed by atoms with Crippen molar-refractivity contribution >= 4 is 23.3 Å². The molecule has 0 heterocycles. The summed E-state index contributed by atoms with van der Waals surface area (Å²) in [5.74, 6) is 7.27. The Morgan fingerprint density at radius 3 is 1.88 bits per heavy atom. The van der Waals surface area contributed by atoms with Crippen molar-refractivity contribution in [2.75, 3.05) is 17.7 Å². The molecule has 0 saturated heterocycles. The Hall–Kier alpha value is -3.61. The molecule has 5 nitrogen and oxygen atoms in total. The van der Waals surface area contributed by atoms with Crippen LogP contribution in [-0.2, 0) is 12.0 Å². The average Bonchev–Trinajstić information content (AvgIpc) is 3.60. The zero-order valence-corrected chi connectivity index (χ0v) is 38.8. The predicted octanol–water partition coefficient (Wildman–Crippen LogP) is 13.8. The molecule has 9 unspecified atom stereocenters. The molecule has 4 aliphatic rings. The predicted molar refractivity (Wildman–Crippen MR) is 257 cm³/mol. The monoisotopic (exact) mass is 832 g/mol. The van der Waals surface area contributed by atoms with Crippen LogP contribution in [0.5, 0.6) is 11.5 Å². The molecule has 8 rings (SSSR count). The van der Waals surface area contributed by atoms with Crippen molar-refractivity contribution in [2.24, 2.45) is 57.4 Å². The number of hydrogen-bond donors (Lipinski definition) is 4. The zero-order valence-electron chi connectivity index (χ0n) is 38.0. The molecule has 60 heavy (non-hydrogen) atoms. The maximum Gasteiger partial charge on any atom is 0.119 e. The van der Waals surface area contributed by atoms with Gasteiger partial charge >= 0.3 is 0 Å². The van der Waals surface area contributed by atoms with Crippen molar-refractivity contribution < 1.29 is 9.84 Å². The van der Waals surface area contributed by atoms with E-state index in [0.717, 1.165) is 64.6 Å². The van der Waals surface area contributed by atoms with Gasteiger partial charge in [0.1, 0.15) is 18.1 Å². The number of aryl methyl sites for hydroxylation is 1. The largest absolute Gasteiger partial charge is 0.508 e. The van der Waals surface area contributed by atoms with E-state index >= 15 is 0 Å². The van der Waals surface area contributed by atoms with E-state index in [1.165, 1.54) is 99.3 Å². The number of aromatic hydroxyl groups is 1. The summed E-state index contributed by atoms with van der Waals surface area (Å²) in [7, 11) is 0. The molecule has 4 saturated carbocycles. The van der Waals surface area contributed by atoms with Gasteiger partial charge in [0, 0.05) is 16.8 Å². The summed E-state index contributed by atoms with van der Waals surface area (Å²) in [6.07, 6.45) is 18.3. The zero-order chi connectivity index (χ0) is 43.1. The number of fused-ring (bicyclic) bond motifs is 5. The second-order valence-electron chi connectivity index (χ2n) is 20.2. The van der Waals surface area contributed by atoms with Crippen molar-refractivity contribution in [1.82, 2.24) is 0 Å². The van der Waals surface area contributed by atoms with Gasteiger partial charge in [-0.2, -0.15) is 0 Å². The minimum Gasteiger partial charge on any atom is -0.508 e. The molecule has 4 aliphatic carbocycles. The van der Waals surface area contributed by atoms with Crippen LogP contribution in [0.1, 0.15) is 134 Å². The first-order valence-corrected chi connectivity index (χ1v) is 24.4. The van der Waals surface area contributed by atoms with Crippen molar-refractivity contribution in [2.45, 2.75) is 131 Å². The molecule has 4 aromatic rings. The molecule has 7 N–H and O–H groups in total. The molecule has 4 aromatic carbocycles. The first-order chi connectivity index (χ1) is 28.7. The van der Waals surface area contributed by atoms with Gasteiger partial charge in [0.25, 0.3) is 0 Å². The lowest BCUT2D eigenvalue weighted by molar-refractivity contribution is -0.122. The maximum atomic E-state index is 10.3. The summed E-state index contributed by atoms with van der Waals surface area (Å²) in [5.41, 5.74) is 18.9. The molecule has 0 radical (unpaired) electrons. The number of anilines is 2. The van der Waals surface area contributed by atoms with E-state index in [0.29, 0.717) is 29.1 Å². The van der Waals surface area contributed by atoms with Crippen LogP contribution in [0.3, 0.4) is 0 Å². The van der Waals surface area contributed by atoms with E-state index < -0.39 is 0 Å². The SMILES string of the molecule is CC(C)CCCC(C)C1CCC2C3CCC4CC(c5ccc(O)cc5)(c5ccc(OCc6ccc(N)cc6)cc5)CCC4(C)C3CCC12C.CSN.Cc1ccc(N)cc1. The minimum absolute atomic E-state index is 0.0484. The summed E-state index contributed by atoms with van der Waals surface area (Å²) in [4.78, 5) is 0. The standard InChI is InChI=1S/C46H63NO2.C7H9N.CH5NS/c1-31(2)7-6-8-32(3)41-23-24-42-40-22-15-36-29-46(34-11-18-38(48)19-12-34,28-27-44(36,4)43(40)25-26-45(41,42)5)35-13-20-39(21-14-35)49-30-33-9-16-37(47)17-10-33;1-6-2-4-7(8)5-3-6;1-3-2/h9-14,16-21,31-32,36,40-43,48H,6-8,15,22-30,47H2,1-5H3;2-5H,8H2,1H3;2H2,1H3. The Morgan fingerprint density at radius 1 is 0.700 bits per heavy atom. The summed E-state index contributed by atoms with van der Waals surface area (Å²) in [6.45, 7) is 15.4. The third-order valence-corrected chi connectivity index (χ3v) is 16.2. The lowest BCUT2D eigenvalue weighted by Crippen LogP contribution is -2.55. The fourth-order valence-corrected chi connectivity index (χ4v) is 13.0. The van der Waals surface area contributed by atoms with Crippen LogP contribution >= 0.6 is 11.9 Å². The minimum atomic E-state index is -0.0484. The van der Waals surface area contributed by atoms with Gasteiger partial charge in [-0.25, -0.2) is 0 Å². The highest BCUT2D eigenvalue weighted by molar-refractivity contribution is 7.96. The summed E-state index contributed by atoms with van der Waals surface area (Å²) in [5, 5.41) is 15.0. The van der Waals surface area contributed by atoms with Crippen molar-refractivity contribution in [3.05, 3.63) is 119 Å². The molecular formula is C54H77N3O2S. The topological polar surface area (TPSA) is 108 Å². The van der Waals surface area contributed by atoms with Gasteiger partial charge in [-0.05, 0) is 188 Å². The van der Waals surface area contributed by atoms with E-state index in [-0.39, 0.29) is 5.41 Å². The number of hydrogen-bond acceptors (Lipinski definition) is 6. The first kappa shape index (κ1) is 45.9. The number of phenolic OH excluding ortho intramolecular Hbond substituents is 1. The van der Waals surface area contributed by atoms with Gasteiger partial charge in [0.05, 0.1) is 0 Å². The highest BCUT2D eigenvalue weighted by Crippen LogP contribution is 2.70. The number of nitrogens with two attached hydrogens (primary N) is 3. The van der Waals surface area contributed by atoms with Crippen molar-refractivity contribution in [3.8, 4) is 11.5 Å². The Balaban J connectivity index is 0.000000482. The molecular weight excluding hydrogens is 755 g/mol. The molecule has 0 spiro atoms. The molecule has 0 amide bonds. The number of ether oxygens (including phenoxy) is 1. The van der Waals surface area contributed by atoms with Crippen LogP contribution in [0.2, 0.25) is 0 Å². The normalized spacial score (nSPS) is 29.7. The lowest BCUT2D eigenvalue weighted by atomic mass is 9.42. The van der Waals surface area contributed by atoms with Crippen LogP contribution in [0.4, 0.5) is 11.4 Å². The second-order valence-corrected chi connectivity index (χ2v) is 20.7. The van der Waals surface area contributed by atoms with Crippen LogP contribution < -0.4 is 21.3 Å². The van der Waals surface area contributed by atoms with Gasteiger partial charge in [-0.3, -0.25) is 5.14 Å². The van der Waals surface area contributed by atoms with Gasteiger partial charge in [0.15, 0.2) is 0 Å². The smallest absolute Gasteiger partial charge is 0.119 e. The number of phenols is 1. The van der Waals surface area contributed by atoms with E-state index in [1.54, 1.807) is 0 Å². The Bertz CT molecular complexity index is 1890. The Kier molecular flexibility index (Phi) is 15.3. The van der Waals surface area contributed by atoms with Gasteiger partial charge in [0.2, 0.25) is 0 Å². The quantitative estimate of drug-likeness (QED) is 0.0936. The molecule has 0 bridgehead atoms. The molecule has 4 fully saturated rings. The molecule has 9 atom stereocenters. The van der Waals surface area contributed by atoms with Crippen molar-refractivity contribution in [1.29, 1.82) is 0 Å². The van der Waals surface area contributed by atoms with Crippen LogP contribution in [0, 0.1) is 59.2 Å². The lowest BCUT2D eigenvalue weighted by Gasteiger charge is -2.63. The van der Waals surface area contributed by atoms with Crippen LogP contribution in [0.25, 0.3) is 0 Å². The van der Waals surface area contributed by atoms with E-state index in [1.807, 2.05) is 73.8 Å². The number of rotatable bonds is 10. The fourth-order valence-electron chi connectivity index (χ4n) is 13.0. The summed E-state index contributed by atoms with van der Waals surface area (Å²) >= 11 is 1.25. The van der Waals surface area contributed by atoms with Crippen molar-refractivity contribution in [3.63, 3.8) is 0 Å². The Morgan fingerprint density at radius 2 is 1.28 bits per heavy atom. The number of nitrogen functional groups attached to an aromatic ring is 2. The summed E-state index contributed by atoms with van der Waals surface area (Å²) in [6, 6.07) is 32.9. The summed E-state index contributed by atoms with van der Waals surface area (Å²) < 4.78 is 6.21. The molecule has 0 aromatic heterocycles. The third kappa shape index (κ3) is 10.2. The average molecular weight is 832 g/mol. The van der Waals surface area contributed by atoms with Gasteiger partial charge in [-0.15, -0.1) is 0 Å². The molecule has 326 valence electrons. The highest BCUT2D eigenvalue weighted by Gasteiger charge is 2.62. The first-order valence-electron chi connectivity index (χ1n) is 23.1. The third-order valence-electron chi connectivity index (χ3n) is 16.2. The second kappa shape index (κ2) is 20.1. The van der Waals surface area contributed by atoms with Crippen LogP contribution in [-0.4, -0.2) is 11.4 Å². The van der Waals surface area contributed by atoms with E-state index in [9.17, 15) is 5.11 Å². The van der Waals surface area contributed by atoms with E-state index in [4.69, 9.17) is 21.3 Å². The molecule has 0 aliphatic heterocycles. The molecule has 6 heteroatoms. The van der Waals surface area contributed by atoms with Crippen LogP contribution in [0.15, 0.2) is 97.1 Å². The van der Waals surface area contributed by atoms with E-state index in [2.05, 4.69) is 71.0 Å². The van der Waals surface area contributed by atoms with Gasteiger partial charge < -0.3 is 21.3 Å². The Labute approximate surface area is 368 Å². The van der Waals surface area contributed by atoms with Gasteiger partial charge in [-0.1, -0.05) is 120 Å². The highest BCUT2D eigenvalue weighted by atomic mass is 32.2. The fraction of sp³-hybridized carbons (Fsp3) is 0.556. The maximum absolute atomic E-state index is 10.3.